The highest BCUT2D eigenvalue weighted by Gasteiger charge is 2.18. The summed E-state index contributed by atoms with van der Waals surface area (Å²) in [5.74, 6) is -0.836. The van der Waals surface area contributed by atoms with Gasteiger partial charge in [-0.05, 0) is 24.3 Å². The summed E-state index contributed by atoms with van der Waals surface area (Å²) in [5, 5.41) is 11.5. The number of esters is 1. The Kier molecular flexibility index (Phi) is 5.06. The third-order valence-electron chi connectivity index (χ3n) is 3.53. The molecule has 26 heavy (non-hydrogen) atoms. The fourth-order valence-corrected chi connectivity index (χ4v) is 2.86. The van der Waals surface area contributed by atoms with Gasteiger partial charge in [-0.1, -0.05) is 27.5 Å². The second-order valence-electron chi connectivity index (χ2n) is 5.23. The molecule has 0 spiro atoms. The zero-order valence-electron chi connectivity index (χ0n) is 12.9. The Labute approximate surface area is 159 Å². The summed E-state index contributed by atoms with van der Waals surface area (Å²) in [4.78, 5) is 34.1. The molecule has 3 rings (SSSR count). The number of nitro benzene ring substituents is 1. The summed E-state index contributed by atoms with van der Waals surface area (Å²) in [6.45, 7) is -0.221. The van der Waals surface area contributed by atoms with Crippen molar-refractivity contribution in [2.24, 2.45) is 0 Å². The van der Waals surface area contributed by atoms with Crippen LogP contribution in [-0.4, -0.2) is 10.9 Å². The van der Waals surface area contributed by atoms with Gasteiger partial charge in [0.05, 0.1) is 15.5 Å². The number of carbonyl (C=O) groups excluding carboxylic acids is 1. The minimum Gasteiger partial charge on any atom is -0.457 e. The van der Waals surface area contributed by atoms with E-state index < -0.39 is 16.5 Å². The molecule has 9 heteroatoms. The van der Waals surface area contributed by atoms with E-state index in [0.717, 1.165) is 10.5 Å². The van der Waals surface area contributed by atoms with Gasteiger partial charge >= 0.3 is 11.6 Å². The lowest BCUT2D eigenvalue weighted by Gasteiger charge is -2.08. The molecule has 2 aromatic carbocycles. The van der Waals surface area contributed by atoms with E-state index in [9.17, 15) is 19.7 Å². The molecule has 0 aliphatic carbocycles. The van der Waals surface area contributed by atoms with E-state index >= 15 is 0 Å². The van der Waals surface area contributed by atoms with Gasteiger partial charge in [-0.3, -0.25) is 10.1 Å². The van der Waals surface area contributed by atoms with Crippen molar-refractivity contribution in [1.82, 2.24) is 0 Å². The molecule has 132 valence electrons. The Morgan fingerprint density at radius 2 is 2.00 bits per heavy atom. The van der Waals surface area contributed by atoms with Crippen molar-refractivity contribution in [2.75, 3.05) is 0 Å². The topological polar surface area (TPSA) is 99.7 Å². The predicted octanol–water partition coefficient (Wildman–Crippen LogP) is 4.47. The molecule has 0 bridgehead atoms. The van der Waals surface area contributed by atoms with Gasteiger partial charge in [0.15, 0.2) is 0 Å². The lowest BCUT2D eigenvalue weighted by atomic mass is 10.1. The van der Waals surface area contributed by atoms with Crippen LogP contribution in [0.2, 0.25) is 5.02 Å². The van der Waals surface area contributed by atoms with Gasteiger partial charge in [0.1, 0.15) is 12.2 Å². The van der Waals surface area contributed by atoms with Crippen molar-refractivity contribution in [3.05, 3.63) is 83.6 Å². The molecule has 3 aromatic rings. The first kappa shape index (κ1) is 18.1. The number of hydrogen-bond donors (Lipinski definition) is 0. The van der Waals surface area contributed by atoms with Crippen molar-refractivity contribution in [1.29, 1.82) is 0 Å². The zero-order chi connectivity index (χ0) is 18.8. The first-order valence-corrected chi connectivity index (χ1v) is 8.35. The third kappa shape index (κ3) is 3.76. The summed E-state index contributed by atoms with van der Waals surface area (Å²) in [6, 6.07) is 9.79. The molecule has 0 saturated carbocycles. The molecule has 7 nitrogen and oxygen atoms in total. The van der Waals surface area contributed by atoms with E-state index in [1.54, 1.807) is 18.2 Å². The number of hydrogen-bond acceptors (Lipinski definition) is 6. The SMILES string of the molecule is O=C(OCc1cc(=O)oc2cc(Br)ccc12)c1cc([N+](=O)[O-])ccc1Cl. The molecular weight excluding hydrogens is 430 g/mol. The molecule has 0 aliphatic heterocycles. The lowest BCUT2D eigenvalue weighted by molar-refractivity contribution is -0.384. The summed E-state index contributed by atoms with van der Waals surface area (Å²) in [7, 11) is 0. The Balaban J connectivity index is 1.89. The number of nitro groups is 1. The van der Waals surface area contributed by atoms with Crippen LogP contribution >= 0.6 is 27.5 Å². The van der Waals surface area contributed by atoms with Crippen molar-refractivity contribution in [2.45, 2.75) is 6.61 Å². The number of non-ortho nitro benzene ring substituents is 1. The average molecular weight is 439 g/mol. The van der Waals surface area contributed by atoms with Gasteiger partial charge in [-0.2, -0.15) is 0 Å². The molecule has 0 atom stereocenters. The Morgan fingerprint density at radius 3 is 2.73 bits per heavy atom. The maximum absolute atomic E-state index is 12.3. The summed E-state index contributed by atoms with van der Waals surface area (Å²) in [6.07, 6.45) is 0. The quantitative estimate of drug-likeness (QED) is 0.258. The fraction of sp³-hybridized carbons (Fsp3) is 0.0588. The van der Waals surface area contributed by atoms with Gasteiger partial charge in [-0.15, -0.1) is 0 Å². The van der Waals surface area contributed by atoms with Crippen LogP contribution in [0.25, 0.3) is 11.0 Å². The minimum atomic E-state index is -0.836. The smallest absolute Gasteiger partial charge is 0.340 e. The third-order valence-corrected chi connectivity index (χ3v) is 4.35. The summed E-state index contributed by atoms with van der Waals surface area (Å²) >= 11 is 9.21. The highest BCUT2D eigenvalue weighted by Crippen LogP contribution is 2.25. The second-order valence-corrected chi connectivity index (χ2v) is 6.55. The zero-order valence-corrected chi connectivity index (χ0v) is 15.2. The van der Waals surface area contributed by atoms with Gasteiger partial charge in [0.25, 0.3) is 5.69 Å². The number of rotatable bonds is 4. The maximum Gasteiger partial charge on any atom is 0.340 e. The summed E-state index contributed by atoms with van der Waals surface area (Å²) in [5.41, 5.74) is -0.215. The molecule has 0 N–H and O–H groups in total. The Hall–Kier alpha value is -2.71. The van der Waals surface area contributed by atoms with Gasteiger partial charge in [0.2, 0.25) is 0 Å². The van der Waals surface area contributed by atoms with Crippen molar-refractivity contribution in [3.63, 3.8) is 0 Å². The molecule has 0 unspecified atom stereocenters. The number of halogens is 2. The Morgan fingerprint density at radius 1 is 1.23 bits per heavy atom. The highest BCUT2D eigenvalue weighted by atomic mass is 79.9. The second kappa shape index (κ2) is 7.27. The fourth-order valence-electron chi connectivity index (χ4n) is 2.33. The van der Waals surface area contributed by atoms with Crippen LogP contribution < -0.4 is 5.63 Å². The van der Waals surface area contributed by atoms with Crippen LogP contribution in [0.15, 0.2) is 56.1 Å². The van der Waals surface area contributed by atoms with Crippen LogP contribution in [0.5, 0.6) is 0 Å². The molecule has 0 radical (unpaired) electrons. The minimum absolute atomic E-state index is 0.0296. The monoisotopic (exact) mass is 437 g/mol. The maximum atomic E-state index is 12.3. The van der Waals surface area contributed by atoms with E-state index in [1.807, 2.05) is 0 Å². The first-order valence-electron chi connectivity index (χ1n) is 7.18. The van der Waals surface area contributed by atoms with Crippen molar-refractivity contribution >= 4 is 50.2 Å². The van der Waals surface area contributed by atoms with Crippen LogP contribution in [0.1, 0.15) is 15.9 Å². The molecule has 1 heterocycles. The molecule has 0 saturated heterocycles. The standard InChI is InChI=1S/C17H9BrClNO6/c18-10-1-3-12-9(5-16(21)26-15(12)6-10)8-25-17(22)13-7-11(20(23)24)2-4-14(13)19/h1-7H,8H2. The van der Waals surface area contributed by atoms with E-state index in [4.69, 9.17) is 20.8 Å². The molecule has 0 fully saturated rings. The van der Waals surface area contributed by atoms with Crippen molar-refractivity contribution < 1.29 is 18.9 Å². The molecule has 1 aromatic heterocycles. The van der Waals surface area contributed by atoms with Gasteiger partial charge in [0, 0.05) is 33.6 Å². The van der Waals surface area contributed by atoms with E-state index in [2.05, 4.69) is 15.9 Å². The van der Waals surface area contributed by atoms with Crippen LogP contribution in [0, 0.1) is 10.1 Å². The number of ether oxygens (including phenoxy) is 1. The van der Waals surface area contributed by atoms with Crippen LogP contribution in [0.3, 0.4) is 0 Å². The van der Waals surface area contributed by atoms with E-state index in [1.165, 1.54) is 18.2 Å². The molecular formula is C17H9BrClNO6. The normalized spacial score (nSPS) is 10.7. The highest BCUT2D eigenvalue weighted by molar-refractivity contribution is 9.10. The largest absolute Gasteiger partial charge is 0.457 e. The van der Waals surface area contributed by atoms with Gasteiger partial charge in [-0.25, -0.2) is 9.59 Å². The lowest BCUT2D eigenvalue weighted by Crippen LogP contribution is -2.09. The average Bonchev–Trinajstić information content (AvgIpc) is 2.59. The van der Waals surface area contributed by atoms with Crippen LogP contribution in [-0.2, 0) is 11.3 Å². The van der Waals surface area contributed by atoms with Gasteiger partial charge < -0.3 is 9.15 Å². The number of nitrogens with zero attached hydrogens (tertiary/aromatic N) is 1. The number of carbonyl (C=O) groups is 1. The van der Waals surface area contributed by atoms with E-state index in [0.29, 0.717) is 16.5 Å². The number of benzene rings is 2. The molecule has 0 amide bonds. The van der Waals surface area contributed by atoms with E-state index in [-0.39, 0.29) is 22.9 Å². The number of fused-ring (bicyclic) bond motifs is 1. The van der Waals surface area contributed by atoms with Crippen LogP contribution in [0.4, 0.5) is 5.69 Å². The predicted molar refractivity (Wildman–Crippen MR) is 97.4 cm³/mol. The molecule has 0 aliphatic rings. The van der Waals surface area contributed by atoms with Crippen molar-refractivity contribution in [3.8, 4) is 0 Å². The first-order chi connectivity index (χ1) is 12.3. The Bertz CT molecular complexity index is 1090. The summed E-state index contributed by atoms with van der Waals surface area (Å²) < 4.78 is 11.0.